The number of carbonyl (C=O) groups excluding carboxylic acids is 4. The molecule has 3 aromatic rings. The summed E-state index contributed by atoms with van der Waals surface area (Å²) < 4.78 is 24.6. The molecule has 0 unspecified atom stereocenters. The topological polar surface area (TPSA) is 161 Å². The number of imidazole rings is 1. The van der Waals surface area contributed by atoms with Crippen molar-refractivity contribution in [1.82, 2.24) is 19.5 Å². The van der Waals surface area contributed by atoms with Crippen molar-refractivity contribution >= 4 is 52.4 Å². The van der Waals surface area contributed by atoms with Crippen molar-refractivity contribution in [2.24, 2.45) is 11.8 Å². The Morgan fingerprint density at radius 3 is 2.43 bits per heavy atom. The standard InChI is InChI=1S/C35H42ClN5O8/c1-11-35(16-46-31(44)18(2)3)24(48-32(45)19(4)5)14-26(49-35)41-17-37-28-29(39-33(36)40-30(28)41)38-25(43)15-34(9,10)27-21(7)12-20(6)13-23(27)47-22(8)42/h1,12-13,17-19,24,26H,14-16H2,2-10H3,(H,38,39,40,43)/t24-,26+,35+/m0/s1. The van der Waals surface area contributed by atoms with Gasteiger partial charge < -0.3 is 24.3 Å². The van der Waals surface area contributed by atoms with Crippen LogP contribution in [0.4, 0.5) is 5.82 Å². The summed E-state index contributed by atoms with van der Waals surface area (Å²) in [4.78, 5) is 63.4. The van der Waals surface area contributed by atoms with Crippen molar-refractivity contribution in [1.29, 1.82) is 0 Å². The molecule has 0 bridgehead atoms. The van der Waals surface area contributed by atoms with Crippen LogP contribution in [0.5, 0.6) is 5.75 Å². The third-order valence-corrected chi connectivity index (χ3v) is 8.26. The predicted octanol–water partition coefficient (Wildman–Crippen LogP) is 5.39. The molecular formula is C35H42ClN5O8. The Bertz CT molecular complexity index is 1830. The second-order valence-corrected chi connectivity index (χ2v) is 13.8. The summed E-state index contributed by atoms with van der Waals surface area (Å²) in [5.74, 6) is 0.277. The zero-order valence-electron chi connectivity index (χ0n) is 29.2. The van der Waals surface area contributed by atoms with Gasteiger partial charge >= 0.3 is 17.9 Å². The minimum absolute atomic E-state index is 0.0105. The summed E-state index contributed by atoms with van der Waals surface area (Å²) in [5.41, 5.74) is 0.572. The van der Waals surface area contributed by atoms with Gasteiger partial charge in [-0.05, 0) is 42.6 Å². The summed E-state index contributed by atoms with van der Waals surface area (Å²) in [5, 5.41) is 2.63. The number of halogens is 1. The fraction of sp³-hybridized carbons (Fsp3) is 0.514. The number of nitrogens with one attached hydrogen (secondary N) is 1. The predicted molar refractivity (Wildman–Crippen MR) is 181 cm³/mol. The minimum Gasteiger partial charge on any atom is -0.461 e. The van der Waals surface area contributed by atoms with Crippen molar-refractivity contribution in [2.45, 2.75) is 98.5 Å². The molecule has 0 aliphatic carbocycles. The van der Waals surface area contributed by atoms with E-state index in [2.05, 4.69) is 26.2 Å². The molecular weight excluding hydrogens is 654 g/mol. The lowest BCUT2D eigenvalue weighted by atomic mass is 9.78. The average molecular weight is 696 g/mol. The third-order valence-electron chi connectivity index (χ3n) is 8.10. The molecule has 13 nitrogen and oxygen atoms in total. The zero-order valence-corrected chi connectivity index (χ0v) is 29.9. The molecule has 3 atom stereocenters. The number of carbonyl (C=O) groups is 4. The first-order valence-electron chi connectivity index (χ1n) is 15.9. The number of benzene rings is 1. The Morgan fingerprint density at radius 1 is 1.14 bits per heavy atom. The molecule has 0 radical (unpaired) electrons. The third kappa shape index (κ3) is 8.20. The van der Waals surface area contributed by atoms with Crippen LogP contribution in [0.3, 0.4) is 0 Å². The molecule has 2 aromatic heterocycles. The molecule has 0 saturated carbocycles. The number of amides is 1. The quantitative estimate of drug-likeness (QED) is 0.119. The van der Waals surface area contributed by atoms with Gasteiger partial charge in [-0.15, -0.1) is 6.42 Å². The largest absolute Gasteiger partial charge is 0.461 e. The Hall–Kier alpha value is -4.54. The van der Waals surface area contributed by atoms with Crippen LogP contribution in [-0.2, 0) is 38.8 Å². The van der Waals surface area contributed by atoms with Crippen LogP contribution >= 0.6 is 11.6 Å². The maximum Gasteiger partial charge on any atom is 0.308 e. The monoisotopic (exact) mass is 695 g/mol. The molecule has 1 aromatic carbocycles. The number of hydrogen-bond donors (Lipinski definition) is 1. The van der Waals surface area contributed by atoms with E-state index >= 15 is 0 Å². The SMILES string of the molecule is C#C[C@]1(COC(=O)C(C)C)O[C@@H](n2cnc3c(NC(=O)CC(C)(C)c4c(C)cc(C)cc4OC(C)=O)nc(Cl)nc32)C[C@@H]1OC(=O)C(C)C. The number of aryl methyl sites for hydroxylation is 2. The number of anilines is 1. The van der Waals surface area contributed by atoms with Crippen molar-refractivity contribution in [2.75, 3.05) is 11.9 Å². The Balaban J connectivity index is 1.64. The van der Waals surface area contributed by atoms with Crippen molar-refractivity contribution in [3.63, 3.8) is 0 Å². The Kier molecular flexibility index (Phi) is 11.0. The summed E-state index contributed by atoms with van der Waals surface area (Å²) >= 11 is 6.34. The fourth-order valence-corrected chi connectivity index (χ4v) is 6.02. The number of nitrogens with zero attached hydrogens (tertiary/aromatic N) is 4. The van der Waals surface area contributed by atoms with Crippen LogP contribution in [0.15, 0.2) is 18.5 Å². The smallest absolute Gasteiger partial charge is 0.308 e. The maximum absolute atomic E-state index is 13.5. The molecule has 14 heteroatoms. The van der Waals surface area contributed by atoms with Crippen molar-refractivity contribution in [3.8, 4) is 18.1 Å². The summed E-state index contributed by atoms with van der Waals surface area (Å²) in [6.07, 6.45) is 5.59. The number of esters is 3. The van der Waals surface area contributed by atoms with Gasteiger partial charge in [0.15, 0.2) is 17.0 Å². The maximum atomic E-state index is 13.5. The number of terminal acetylenes is 1. The van der Waals surface area contributed by atoms with Gasteiger partial charge in [-0.3, -0.25) is 23.7 Å². The van der Waals surface area contributed by atoms with E-state index in [9.17, 15) is 19.2 Å². The van der Waals surface area contributed by atoms with E-state index in [-0.39, 0.29) is 41.7 Å². The minimum atomic E-state index is -1.60. The van der Waals surface area contributed by atoms with Gasteiger partial charge in [0.1, 0.15) is 24.7 Å². The van der Waals surface area contributed by atoms with Gasteiger partial charge in [-0.1, -0.05) is 53.5 Å². The lowest BCUT2D eigenvalue weighted by Crippen LogP contribution is -2.46. The van der Waals surface area contributed by atoms with Gasteiger partial charge in [-0.2, -0.15) is 9.97 Å². The normalized spacial score (nSPS) is 19.2. The van der Waals surface area contributed by atoms with E-state index in [4.69, 9.17) is 37.0 Å². The van der Waals surface area contributed by atoms with Gasteiger partial charge in [0, 0.05) is 30.7 Å². The van der Waals surface area contributed by atoms with Crippen LogP contribution in [0.1, 0.15) is 84.2 Å². The highest BCUT2D eigenvalue weighted by molar-refractivity contribution is 6.28. The Morgan fingerprint density at radius 2 is 1.82 bits per heavy atom. The number of ether oxygens (including phenoxy) is 4. The highest BCUT2D eigenvalue weighted by Gasteiger charge is 2.52. The van der Waals surface area contributed by atoms with Crippen molar-refractivity contribution < 1.29 is 38.1 Å². The summed E-state index contributed by atoms with van der Waals surface area (Å²) in [6.45, 7) is 15.3. The van der Waals surface area contributed by atoms with Gasteiger partial charge in [-0.25, -0.2) is 4.98 Å². The molecule has 1 N–H and O–H groups in total. The molecule has 0 spiro atoms. The molecule has 1 saturated heterocycles. The molecule has 1 fully saturated rings. The van der Waals surface area contributed by atoms with Crippen LogP contribution in [-0.4, -0.2) is 61.6 Å². The van der Waals surface area contributed by atoms with Gasteiger partial charge in [0.25, 0.3) is 0 Å². The van der Waals surface area contributed by atoms with Gasteiger partial charge in [0.05, 0.1) is 18.2 Å². The fourth-order valence-electron chi connectivity index (χ4n) is 5.86. The van der Waals surface area contributed by atoms with E-state index < -0.39 is 59.0 Å². The number of hydrogen-bond acceptors (Lipinski definition) is 11. The Labute approximate surface area is 290 Å². The molecule has 4 rings (SSSR count). The van der Waals surface area contributed by atoms with Gasteiger partial charge in [0.2, 0.25) is 16.8 Å². The summed E-state index contributed by atoms with van der Waals surface area (Å²) in [7, 11) is 0. The lowest BCUT2D eigenvalue weighted by Gasteiger charge is -2.29. The first-order chi connectivity index (χ1) is 22.9. The van der Waals surface area contributed by atoms with E-state index in [1.165, 1.54) is 13.3 Å². The highest BCUT2D eigenvalue weighted by Crippen LogP contribution is 2.41. The van der Waals surface area contributed by atoms with E-state index in [1.54, 1.807) is 38.3 Å². The number of fused-ring (bicyclic) bond motifs is 1. The molecule has 1 aliphatic heterocycles. The number of aromatic nitrogens is 4. The van der Waals surface area contributed by atoms with Crippen molar-refractivity contribution in [3.05, 3.63) is 40.4 Å². The van der Waals surface area contributed by atoms with E-state index in [0.29, 0.717) is 5.75 Å². The molecule has 1 amide bonds. The average Bonchev–Trinajstić information content (AvgIpc) is 3.56. The van der Waals surface area contributed by atoms with E-state index in [1.807, 2.05) is 33.8 Å². The van der Waals surface area contributed by atoms with Crippen LogP contribution in [0.25, 0.3) is 11.2 Å². The summed E-state index contributed by atoms with van der Waals surface area (Å²) in [6, 6.07) is 3.73. The molecule has 1 aliphatic rings. The lowest BCUT2D eigenvalue weighted by molar-refractivity contribution is -0.170. The first-order valence-corrected chi connectivity index (χ1v) is 16.3. The van der Waals surface area contributed by atoms with E-state index in [0.717, 1.165) is 16.7 Å². The van der Waals surface area contributed by atoms with Crippen LogP contribution < -0.4 is 10.1 Å². The van der Waals surface area contributed by atoms with Crippen LogP contribution in [0, 0.1) is 38.0 Å². The second-order valence-electron chi connectivity index (χ2n) is 13.5. The zero-order chi connectivity index (χ0) is 36.4. The van der Waals surface area contributed by atoms with Crippen LogP contribution in [0.2, 0.25) is 5.28 Å². The molecule has 49 heavy (non-hydrogen) atoms. The second kappa shape index (κ2) is 14.5. The molecule has 3 heterocycles. The molecule has 262 valence electrons. The first kappa shape index (κ1) is 37.3. The number of rotatable bonds is 11. The highest BCUT2D eigenvalue weighted by atomic mass is 35.5.